The number of hydrazine groups is 1. The van der Waals surface area contributed by atoms with E-state index >= 15 is 0 Å². The molecule has 0 atom stereocenters. The van der Waals surface area contributed by atoms with Crippen LogP contribution in [0.2, 0.25) is 0 Å². The van der Waals surface area contributed by atoms with Crippen LogP contribution in [0.15, 0.2) is 24.3 Å². The van der Waals surface area contributed by atoms with Crippen molar-refractivity contribution < 1.29 is 9.59 Å². The van der Waals surface area contributed by atoms with Gasteiger partial charge in [0.2, 0.25) is 0 Å². The Morgan fingerprint density at radius 3 is 2.62 bits per heavy atom. The van der Waals surface area contributed by atoms with Crippen LogP contribution in [-0.4, -0.2) is 27.6 Å². The fraction of sp³-hybridized carbons (Fsp3) is 0.471. The van der Waals surface area contributed by atoms with Crippen molar-refractivity contribution >= 4 is 35.0 Å². The van der Waals surface area contributed by atoms with Gasteiger partial charge in [0.15, 0.2) is 5.11 Å². The van der Waals surface area contributed by atoms with Crippen molar-refractivity contribution in [1.82, 2.24) is 15.8 Å². The van der Waals surface area contributed by atoms with E-state index in [2.05, 4.69) is 23.0 Å². The molecule has 1 heterocycles. The summed E-state index contributed by atoms with van der Waals surface area (Å²) in [6.45, 7) is 4.13. The van der Waals surface area contributed by atoms with Crippen LogP contribution in [0.1, 0.15) is 38.2 Å². The lowest BCUT2D eigenvalue weighted by molar-refractivity contribution is -0.133. The maximum atomic E-state index is 12.7. The minimum absolute atomic E-state index is 0.217. The van der Waals surface area contributed by atoms with Gasteiger partial charge >= 0.3 is 6.03 Å². The molecule has 3 N–H and O–H groups in total. The summed E-state index contributed by atoms with van der Waals surface area (Å²) in [5.74, 6) is 0.347. The van der Waals surface area contributed by atoms with Crippen LogP contribution < -0.4 is 16.1 Å². The second-order valence-corrected chi connectivity index (χ2v) is 7.12. The number of hydrogen-bond acceptors (Lipinski definition) is 3. The molecule has 1 aromatic rings. The van der Waals surface area contributed by atoms with E-state index in [0.29, 0.717) is 18.8 Å². The number of aryl methyl sites for hydroxylation is 1. The Labute approximate surface area is 146 Å². The summed E-state index contributed by atoms with van der Waals surface area (Å²) in [7, 11) is 0. The van der Waals surface area contributed by atoms with E-state index in [1.807, 2.05) is 31.2 Å². The number of nitrogens with zero attached hydrogens (tertiary/aromatic N) is 1. The summed E-state index contributed by atoms with van der Waals surface area (Å²) in [6, 6.07) is 7.23. The van der Waals surface area contributed by atoms with Gasteiger partial charge in [0.1, 0.15) is 5.54 Å². The topological polar surface area (TPSA) is 73.5 Å². The zero-order valence-electron chi connectivity index (χ0n) is 13.9. The Balaban J connectivity index is 1.67. The quantitative estimate of drug-likeness (QED) is 0.567. The molecule has 1 aliphatic heterocycles. The molecule has 1 aliphatic carbocycles. The van der Waals surface area contributed by atoms with Crippen LogP contribution in [0.3, 0.4) is 0 Å². The first-order valence-electron chi connectivity index (χ1n) is 8.21. The van der Waals surface area contributed by atoms with Gasteiger partial charge < -0.3 is 10.6 Å². The van der Waals surface area contributed by atoms with Crippen molar-refractivity contribution in [2.24, 2.45) is 5.92 Å². The van der Waals surface area contributed by atoms with Crippen molar-refractivity contribution in [3.8, 4) is 0 Å². The molecule has 2 aliphatic rings. The van der Waals surface area contributed by atoms with Crippen molar-refractivity contribution in [3.63, 3.8) is 0 Å². The van der Waals surface area contributed by atoms with Crippen molar-refractivity contribution in [2.45, 2.75) is 45.1 Å². The largest absolute Gasteiger partial charge is 0.344 e. The second kappa shape index (κ2) is 6.39. The molecule has 1 spiro atoms. The number of imide groups is 1. The summed E-state index contributed by atoms with van der Waals surface area (Å²) < 4.78 is 0. The monoisotopic (exact) mass is 346 g/mol. The van der Waals surface area contributed by atoms with Crippen LogP contribution in [0.5, 0.6) is 0 Å². The first-order chi connectivity index (χ1) is 11.4. The van der Waals surface area contributed by atoms with E-state index in [1.165, 1.54) is 0 Å². The standard InChI is InChI=1S/C17H22N4O2S/c1-11-7-9-17(10-8-11)14(22)21(16(23)19-17)20-15(24)18-13-6-4-3-5-12(13)2/h3-6,11H,7-10H2,1-2H3,(H,19,23)(H2,18,20,24). The van der Waals surface area contributed by atoms with Crippen LogP contribution in [-0.2, 0) is 4.79 Å². The number of rotatable bonds is 2. The lowest BCUT2D eigenvalue weighted by Crippen LogP contribution is -2.52. The summed E-state index contributed by atoms with van der Waals surface area (Å²) in [5.41, 5.74) is 3.82. The Hall–Kier alpha value is -2.15. The van der Waals surface area contributed by atoms with Crippen LogP contribution >= 0.6 is 12.2 Å². The molecule has 0 aromatic heterocycles. The summed E-state index contributed by atoms with van der Waals surface area (Å²) in [5, 5.41) is 7.10. The van der Waals surface area contributed by atoms with Gasteiger partial charge in [-0.2, -0.15) is 5.01 Å². The minimum Gasteiger partial charge on any atom is -0.331 e. The van der Waals surface area contributed by atoms with Crippen molar-refractivity contribution in [2.75, 3.05) is 5.32 Å². The Morgan fingerprint density at radius 2 is 1.96 bits per heavy atom. The highest BCUT2D eigenvalue weighted by atomic mass is 32.1. The SMILES string of the molecule is Cc1ccccc1NC(=S)NN1C(=O)NC2(CCC(C)CC2)C1=O. The van der Waals surface area contributed by atoms with Crippen LogP contribution in [0.4, 0.5) is 10.5 Å². The number of hydrogen-bond donors (Lipinski definition) is 3. The summed E-state index contributed by atoms with van der Waals surface area (Å²) in [6.07, 6.45) is 3.22. The Morgan fingerprint density at radius 1 is 1.29 bits per heavy atom. The van der Waals surface area contributed by atoms with E-state index in [-0.39, 0.29) is 11.0 Å². The smallest absolute Gasteiger partial charge is 0.331 e. The predicted octanol–water partition coefficient (Wildman–Crippen LogP) is 2.70. The molecule has 7 heteroatoms. The van der Waals surface area contributed by atoms with Crippen LogP contribution in [0, 0.1) is 12.8 Å². The molecule has 0 unspecified atom stereocenters. The van der Waals surface area contributed by atoms with E-state index < -0.39 is 11.6 Å². The first-order valence-corrected chi connectivity index (χ1v) is 8.62. The molecule has 1 aromatic carbocycles. The molecule has 0 bridgehead atoms. The number of anilines is 1. The molecule has 6 nitrogen and oxygen atoms in total. The van der Waals surface area contributed by atoms with Gasteiger partial charge in [0, 0.05) is 5.69 Å². The first kappa shape index (κ1) is 16.7. The number of thiocarbonyl (C=S) groups is 1. The van der Waals surface area contributed by atoms with E-state index in [0.717, 1.165) is 29.1 Å². The molecule has 1 saturated carbocycles. The average Bonchev–Trinajstić information content (AvgIpc) is 2.77. The minimum atomic E-state index is -0.769. The number of amides is 3. The third-order valence-corrected chi connectivity index (χ3v) is 5.09. The summed E-state index contributed by atoms with van der Waals surface area (Å²) >= 11 is 5.25. The zero-order valence-corrected chi connectivity index (χ0v) is 14.7. The zero-order chi connectivity index (χ0) is 17.3. The number of urea groups is 1. The number of carbonyl (C=O) groups is 2. The third-order valence-electron chi connectivity index (χ3n) is 4.90. The fourth-order valence-corrected chi connectivity index (χ4v) is 3.48. The highest BCUT2D eigenvalue weighted by Crippen LogP contribution is 2.35. The molecule has 24 heavy (non-hydrogen) atoms. The van der Waals surface area contributed by atoms with E-state index in [9.17, 15) is 9.59 Å². The van der Waals surface area contributed by atoms with Gasteiger partial charge in [-0.25, -0.2) is 4.79 Å². The molecule has 128 valence electrons. The molecule has 3 rings (SSSR count). The van der Waals surface area contributed by atoms with Gasteiger partial charge in [-0.1, -0.05) is 25.1 Å². The highest BCUT2D eigenvalue weighted by molar-refractivity contribution is 7.80. The van der Waals surface area contributed by atoms with E-state index in [4.69, 9.17) is 12.2 Å². The Kier molecular flexibility index (Phi) is 4.45. The maximum Gasteiger partial charge on any atom is 0.344 e. The number of benzene rings is 1. The maximum absolute atomic E-state index is 12.7. The van der Waals surface area contributed by atoms with Crippen LogP contribution in [0.25, 0.3) is 0 Å². The predicted molar refractivity (Wildman–Crippen MR) is 96.3 cm³/mol. The molecule has 0 radical (unpaired) electrons. The van der Waals surface area contributed by atoms with Crippen molar-refractivity contribution in [1.29, 1.82) is 0 Å². The molecule has 1 saturated heterocycles. The fourth-order valence-electron chi connectivity index (χ4n) is 3.28. The normalized spacial score (nSPS) is 26.4. The molecule has 3 amide bonds. The summed E-state index contributed by atoms with van der Waals surface area (Å²) in [4.78, 5) is 25.0. The van der Waals surface area contributed by atoms with Gasteiger partial charge in [-0.3, -0.25) is 10.2 Å². The van der Waals surface area contributed by atoms with Crippen molar-refractivity contribution in [3.05, 3.63) is 29.8 Å². The molecular weight excluding hydrogens is 324 g/mol. The van der Waals surface area contributed by atoms with Gasteiger partial charge in [-0.05, 0) is 62.4 Å². The van der Waals surface area contributed by atoms with Gasteiger partial charge in [-0.15, -0.1) is 0 Å². The van der Waals surface area contributed by atoms with Gasteiger partial charge in [0.25, 0.3) is 5.91 Å². The highest BCUT2D eigenvalue weighted by Gasteiger charge is 2.52. The number of carbonyl (C=O) groups excluding carboxylic acids is 2. The Bertz CT molecular complexity index is 683. The number of para-hydroxylation sites is 1. The third kappa shape index (κ3) is 3.08. The lowest BCUT2D eigenvalue weighted by atomic mass is 9.77. The van der Waals surface area contributed by atoms with Gasteiger partial charge in [0.05, 0.1) is 0 Å². The average molecular weight is 346 g/mol. The number of nitrogens with one attached hydrogen (secondary N) is 3. The second-order valence-electron chi connectivity index (χ2n) is 6.72. The molecular formula is C17H22N4O2S. The lowest BCUT2D eigenvalue weighted by Gasteiger charge is -2.33. The van der Waals surface area contributed by atoms with E-state index in [1.54, 1.807) is 0 Å². The molecule has 2 fully saturated rings.